The molecule has 0 radical (unpaired) electrons. The van der Waals surface area contributed by atoms with Gasteiger partial charge in [-0.05, 0) is 58.6 Å². The van der Waals surface area contributed by atoms with Crippen molar-refractivity contribution in [3.05, 3.63) is 56.2 Å². The predicted molar refractivity (Wildman–Crippen MR) is 90.2 cm³/mol. The Labute approximate surface area is 141 Å². The molecule has 0 unspecified atom stereocenters. The first-order chi connectivity index (χ1) is 10.5. The molecule has 0 atom stereocenters. The first-order valence-corrected chi connectivity index (χ1v) is 8.48. The maximum Gasteiger partial charge on any atom is 0.335 e. The number of halogens is 1. The third-order valence-electron chi connectivity index (χ3n) is 3.15. The Bertz CT molecular complexity index is 652. The highest BCUT2D eigenvalue weighted by Gasteiger charge is 2.05. The second-order valence-corrected chi connectivity index (χ2v) is 7.39. The highest BCUT2D eigenvalue weighted by atomic mass is 79.9. The van der Waals surface area contributed by atoms with E-state index in [4.69, 9.17) is 5.11 Å². The minimum Gasteiger partial charge on any atom is -0.478 e. The molecule has 0 spiro atoms. The molecule has 22 heavy (non-hydrogen) atoms. The van der Waals surface area contributed by atoms with Crippen molar-refractivity contribution >= 4 is 39.1 Å². The van der Waals surface area contributed by atoms with Crippen molar-refractivity contribution in [1.82, 2.24) is 5.32 Å². The molecule has 1 heterocycles. The number of thiophene rings is 1. The van der Waals surface area contributed by atoms with Crippen molar-refractivity contribution in [1.29, 1.82) is 0 Å². The second-order valence-electron chi connectivity index (χ2n) is 4.84. The van der Waals surface area contributed by atoms with Gasteiger partial charge >= 0.3 is 5.97 Å². The molecular weight excluding hydrogens is 366 g/mol. The molecule has 0 fully saturated rings. The van der Waals surface area contributed by atoms with Crippen molar-refractivity contribution in [2.45, 2.75) is 25.8 Å². The quantitative estimate of drug-likeness (QED) is 0.765. The largest absolute Gasteiger partial charge is 0.478 e. The van der Waals surface area contributed by atoms with Crippen LogP contribution in [0.1, 0.15) is 33.6 Å². The van der Waals surface area contributed by atoms with Crippen molar-refractivity contribution in [3.8, 4) is 0 Å². The van der Waals surface area contributed by atoms with Crippen LogP contribution in [0.5, 0.6) is 0 Å². The Kier molecular flexibility index (Phi) is 6.15. The molecule has 4 nitrogen and oxygen atoms in total. The summed E-state index contributed by atoms with van der Waals surface area (Å²) in [5, 5.41) is 11.7. The van der Waals surface area contributed by atoms with Gasteiger partial charge in [0, 0.05) is 17.8 Å². The topological polar surface area (TPSA) is 66.4 Å². The second kappa shape index (κ2) is 8.10. The van der Waals surface area contributed by atoms with Crippen LogP contribution in [0, 0.1) is 0 Å². The van der Waals surface area contributed by atoms with E-state index in [0.717, 1.165) is 22.2 Å². The molecule has 0 bridgehead atoms. The van der Waals surface area contributed by atoms with Crippen LogP contribution < -0.4 is 5.32 Å². The van der Waals surface area contributed by atoms with Crippen molar-refractivity contribution in [2.75, 3.05) is 0 Å². The first-order valence-electron chi connectivity index (χ1n) is 6.88. The van der Waals surface area contributed by atoms with Crippen LogP contribution >= 0.6 is 27.3 Å². The SMILES string of the molecule is O=C(CCCc1ccc(Br)s1)NCc1ccc(C(=O)O)cc1. The van der Waals surface area contributed by atoms with Crippen molar-refractivity contribution < 1.29 is 14.7 Å². The number of rotatable bonds is 7. The van der Waals surface area contributed by atoms with Gasteiger partial charge in [-0.1, -0.05) is 12.1 Å². The van der Waals surface area contributed by atoms with Gasteiger partial charge in [-0.2, -0.15) is 0 Å². The number of hydrogen-bond acceptors (Lipinski definition) is 3. The molecule has 0 saturated heterocycles. The minimum atomic E-state index is -0.948. The molecule has 1 amide bonds. The molecule has 1 aromatic carbocycles. The van der Waals surface area contributed by atoms with Crippen LogP contribution in [0.25, 0.3) is 0 Å². The number of aromatic carboxylic acids is 1. The lowest BCUT2D eigenvalue weighted by Gasteiger charge is -2.05. The van der Waals surface area contributed by atoms with Crippen LogP contribution in [0.2, 0.25) is 0 Å². The number of nitrogens with one attached hydrogen (secondary N) is 1. The number of hydrogen-bond donors (Lipinski definition) is 2. The number of carboxylic acid groups (broad SMARTS) is 1. The fourth-order valence-electron chi connectivity index (χ4n) is 1.96. The molecule has 6 heteroatoms. The summed E-state index contributed by atoms with van der Waals surface area (Å²) < 4.78 is 1.11. The Morgan fingerprint density at radius 2 is 1.86 bits per heavy atom. The highest BCUT2D eigenvalue weighted by molar-refractivity contribution is 9.11. The Hall–Kier alpha value is -1.66. The zero-order valence-electron chi connectivity index (χ0n) is 11.8. The molecule has 116 valence electrons. The third-order valence-corrected chi connectivity index (χ3v) is 4.83. The van der Waals surface area contributed by atoms with E-state index in [1.54, 1.807) is 35.6 Å². The fourth-order valence-corrected chi connectivity index (χ4v) is 3.49. The lowest BCUT2D eigenvalue weighted by atomic mass is 10.1. The van der Waals surface area contributed by atoms with Gasteiger partial charge in [-0.3, -0.25) is 4.79 Å². The molecule has 1 aromatic heterocycles. The third kappa shape index (κ3) is 5.27. The summed E-state index contributed by atoms with van der Waals surface area (Å²) in [6, 6.07) is 10.6. The zero-order valence-corrected chi connectivity index (χ0v) is 14.2. The number of amides is 1. The lowest BCUT2D eigenvalue weighted by Crippen LogP contribution is -2.22. The number of carbonyl (C=O) groups is 2. The van der Waals surface area contributed by atoms with E-state index < -0.39 is 5.97 Å². The van der Waals surface area contributed by atoms with Crippen LogP contribution in [-0.2, 0) is 17.8 Å². The van der Waals surface area contributed by atoms with E-state index in [-0.39, 0.29) is 11.5 Å². The number of benzene rings is 1. The van der Waals surface area contributed by atoms with Gasteiger partial charge in [0.2, 0.25) is 5.91 Å². The van der Waals surface area contributed by atoms with Crippen LogP contribution in [0.15, 0.2) is 40.2 Å². The first kappa shape index (κ1) is 16.7. The van der Waals surface area contributed by atoms with E-state index in [9.17, 15) is 9.59 Å². The Balaban J connectivity index is 1.69. The molecule has 0 aliphatic heterocycles. The average molecular weight is 382 g/mol. The van der Waals surface area contributed by atoms with Gasteiger partial charge in [0.15, 0.2) is 0 Å². The summed E-state index contributed by atoms with van der Waals surface area (Å²) in [7, 11) is 0. The summed E-state index contributed by atoms with van der Waals surface area (Å²) >= 11 is 5.11. The minimum absolute atomic E-state index is 0.0120. The zero-order chi connectivity index (χ0) is 15.9. The molecular formula is C16H16BrNO3S. The van der Waals surface area contributed by atoms with E-state index in [2.05, 4.69) is 27.3 Å². The molecule has 2 N–H and O–H groups in total. The Morgan fingerprint density at radius 1 is 1.14 bits per heavy atom. The summed E-state index contributed by atoms with van der Waals surface area (Å²) in [4.78, 5) is 23.8. The van der Waals surface area contributed by atoms with Gasteiger partial charge in [0.1, 0.15) is 0 Å². The molecule has 0 aliphatic carbocycles. The average Bonchev–Trinajstić information content (AvgIpc) is 2.91. The number of aryl methyl sites for hydroxylation is 1. The maximum atomic E-state index is 11.8. The number of carbonyl (C=O) groups excluding carboxylic acids is 1. The highest BCUT2D eigenvalue weighted by Crippen LogP contribution is 2.23. The summed E-state index contributed by atoms with van der Waals surface area (Å²) in [5.74, 6) is -0.936. The summed E-state index contributed by atoms with van der Waals surface area (Å²) in [5.41, 5.74) is 1.14. The predicted octanol–water partition coefficient (Wildman–Crippen LogP) is 3.85. The van der Waals surface area contributed by atoms with Gasteiger partial charge in [-0.25, -0.2) is 4.79 Å². The van der Waals surface area contributed by atoms with E-state index in [1.807, 2.05) is 6.07 Å². The van der Waals surface area contributed by atoms with Crippen LogP contribution in [0.3, 0.4) is 0 Å². The fraction of sp³-hybridized carbons (Fsp3) is 0.250. The van der Waals surface area contributed by atoms with Gasteiger partial charge < -0.3 is 10.4 Å². The van der Waals surface area contributed by atoms with Crippen molar-refractivity contribution in [2.24, 2.45) is 0 Å². The van der Waals surface area contributed by atoms with E-state index in [1.165, 1.54) is 4.88 Å². The lowest BCUT2D eigenvalue weighted by molar-refractivity contribution is -0.121. The monoisotopic (exact) mass is 381 g/mol. The molecule has 0 saturated carbocycles. The molecule has 0 aliphatic rings. The molecule has 2 aromatic rings. The maximum absolute atomic E-state index is 11.8. The van der Waals surface area contributed by atoms with Crippen LogP contribution in [-0.4, -0.2) is 17.0 Å². The van der Waals surface area contributed by atoms with E-state index in [0.29, 0.717) is 13.0 Å². The van der Waals surface area contributed by atoms with Crippen molar-refractivity contribution in [3.63, 3.8) is 0 Å². The van der Waals surface area contributed by atoms with Gasteiger partial charge in [0.25, 0.3) is 0 Å². The van der Waals surface area contributed by atoms with Gasteiger partial charge in [0.05, 0.1) is 9.35 Å². The number of carboxylic acids is 1. The normalized spacial score (nSPS) is 10.4. The smallest absolute Gasteiger partial charge is 0.335 e. The molecule has 2 rings (SSSR count). The van der Waals surface area contributed by atoms with E-state index >= 15 is 0 Å². The standard InChI is InChI=1S/C16H16BrNO3S/c17-14-9-8-13(22-14)2-1-3-15(19)18-10-11-4-6-12(7-5-11)16(20)21/h4-9H,1-3,10H2,(H,18,19)(H,20,21). The van der Waals surface area contributed by atoms with Gasteiger partial charge in [-0.15, -0.1) is 11.3 Å². The summed E-state index contributed by atoms with van der Waals surface area (Å²) in [6.07, 6.45) is 2.20. The Morgan fingerprint density at radius 3 is 2.45 bits per heavy atom. The van der Waals surface area contributed by atoms with Crippen LogP contribution in [0.4, 0.5) is 0 Å². The summed E-state index contributed by atoms with van der Waals surface area (Å²) in [6.45, 7) is 0.420.